The molecule has 0 N–H and O–H groups in total. The highest BCUT2D eigenvalue weighted by Gasteiger charge is 2.41. The van der Waals surface area contributed by atoms with Gasteiger partial charge in [-0.2, -0.15) is 5.10 Å². The standard InChI is InChI=1S/C20H15N3O3S/c24-23(25)14-6-3-5-13(11-14)20-22-17(15-7-1-2-8-18(15)26-20)12-16(21-22)19-9-4-10-27-19/h1-11,17,20H,12H2/t17-,20+/m0/s1. The molecule has 27 heavy (non-hydrogen) atoms. The molecule has 2 atom stereocenters. The summed E-state index contributed by atoms with van der Waals surface area (Å²) in [7, 11) is 0. The molecule has 134 valence electrons. The van der Waals surface area contributed by atoms with Crippen LogP contribution in [-0.2, 0) is 0 Å². The topological polar surface area (TPSA) is 68.0 Å². The largest absolute Gasteiger partial charge is 0.464 e. The number of benzene rings is 2. The summed E-state index contributed by atoms with van der Waals surface area (Å²) in [6, 6.07) is 18.7. The Bertz CT molecular complexity index is 1050. The smallest absolute Gasteiger partial charge is 0.269 e. The summed E-state index contributed by atoms with van der Waals surface area (Å²) in [5.41, 5.74) is 2.88. The third kappa shape index (κ3) is 2.67. The number of non-ortho nitro benzene ring substituents is 1. The molecule has 3 aromatic rings. The van der Waals surface area contributed by atoms with Gasteiger partial charge in [-0.3, -0.25) is 10.1 Å². The highest BCUT2D eigenvalue weighted by atomic mass is 32.1. The first kappa shape index (κ1) is 16.0. The maximum atomic E-state index is 11.2. The van der Waals surface area contributed by atoms with Crippen LogP contribution in [0.3, 0.4) is 0 Å². The van der Waals surface area contributed by atoms with Gasteiger partial charge < -0.3 is 4.74 Å². The monoisotopic (exact) mass is 377 g/mol. The van der Waals surface area contributed by atoms with Crippen molar-refractivity contribution in [2.75, 3.05) is 0 Å². The zero-order valence-electron chi connectivity index (χ0n) is 14.2. The Kier molecular flexibility index (Phi) is 3.68. The average Bonchev–Trinajstić information content (AvgIpc) is 3.37. The number of nitrogens with zero attached hydrogens (tertiary/aromatic N) is 3. The van der Waals surface area contributed by atoms with Crippen molar-refractivity contribution >= 4 is 22.7 Å². The first-order chi connectivity index (χ1) is 13.2. The van der Waals surface area contributed by atoms with Crippen molar-refractivity contribution in [1.29, 1.82) is 0 Å². The van der Waals surface area contributed by atoms with Gasteiger partial charge >= 0.3 is 0 Å². The molecule has 6 nitrogen and oxygen atoms in total. The molecule has 0 bridgehead atoms. The van der Waals surface area contributed by atoms with E-state index in [2.05, 4.69) is 12.1 Å². The van der Waals surface area contributed by atoms with Gasteiger partial charge in [0.25, 0.3) is 5.69 Å². The summed E-state index contributed by atoms with van der Waals surface area (Å²) in [4.78, 5) is 11.9. The van der Waals surface area contributed by atoms with Gasteiger partial charge in [0.05, 0.1) is 21.6 Å². The van der Waals surface area contributed by atoms with Crippen LogP contribution < -0.4 is 4.74 Å². The minimum atomic E-state index is -0.498. The lowest BCUT2D eigenvalue weighted by Crippen LogP contribution is -2.33. The van der Waals surface area contributed by atoms with Crippen molar-refractivity contribution in [3.05, 3.63) is 92.2 Å². The van der Waals surface area contributed by atoms with Crippen LogP contribution in [0.2, 0.25) is 0 Å². The van der Waals surface area contributed by atoms with Gasteiger partial charge in [-0.15, -0.1) is 11.3 Å². The van der Waals surface area contributed by atoms with E-state index in [0.717, 1.165) is 33.9 Å². The number of hydrazone groups is 1. The lowest BCUT2D eigenvalue weighted by Gasteiger charge is -2.38. The number of hydrogen-bond acceptors (Lipinski definition) is 6. The van der Waals surface area contributed by atoms with Crippen LogP contribution in [0.4, 0.5) is 5.69 Å². The fraction of sp³-hybridized carbons (Fsp3) is 0.150. The number of nitro groups is 1. The Morgan fingerprint density at radius 3 is 2.85 bits per heavy atom. The molecule has 0 aliphatic carbocycles. The molecule has 0 radical (unpaired) electrons. The summed E-state index contributed by atoms with van der Waals surface area (Å²) in [5, 5.41) is 20.0. The zero-order valence-corrected chi connectivity index (χ0v) is 15.0. The third-order valence-electron chi connectivity index (χ3n) is 4.87. The molecule has 2 aromatic carbocycles. The van der Waals surface area contributed by atoms with Crippen LogP contribution in [0.25, 0.3) is 0 Å². The predicted octanol–water partition coefficient (Wildman–Crippen LogP) is 4.90. The van der Waals surface area contributed by atoms with Crippen molar-refractivity contribution in [3.63, 3.8) is 0 Å². The normalized spacial score (nSPS) is 20.4. The Hall–Kier alpha value is -3.19. The highest BCUT2D eigenvalue weighted by Crippen LogP contribution is 2.47. The number of nitro benzene ring substituents is 1. The fourth-order valence-corrected chi connectivity index (χ4v) is 4.36. The molecule has 2 aliphatic rings. The van der Waals surface area contributed by atoms with Gasteiger partial charge in [0, 0.05) is 29.7 Å². The Morgan fingerprint density at radius 2 is 2.04 bits per heavy atom. The van der Waals surface area contributed by atoms with E-state index in [4.69, 9.17) is 9.84 Å². The van der Waals surface area contributed by atoms with Crippen LogP contribution in [0.1, 0.15) is 34.7 Å². The third-order valence-corrected chi connectivity index (χ3v) is 5.79. The van der Waals surface area contributed by atoms with E-state index in [0.29, 0.717) is 0 Å². The SMILES string of the molecule is O=[N+]([O-])c1cccc([C@H]2Oc3ccccc3[C@@H]3CC(c4cccs4)=NN23)c1. The molecule has 5 rings (SSSR count). The quantitative estimate of drug-likeness (QED) is 0.481. The lowest BCUT2D eigenvalue weighted by atomic mass is 9.97. The van der Waals surface area contributed by atoms with Gasteiger partial charge in [0.1, 0.15) is 5.75 Å². The van der Waals surface area contributed by atoms with E-state index in [-0.39, 0.29) is 16.7 Å². The van der Waals surface area contributed by atoms with Crippen molar-refractivity contribution in [2.24, 2.45) is 5.10 Å². The Balaban J connectivity index is 1.61. The van der Waals surface area contributed by atoms with Crippen LogP contribution in [-0.4, -0.2) is 15.6 Å². The van der Waals surface area contributed by atoms with Crippen LogP contribution in [0, 0.1) is 10.1 Å². The van der Waals surface area contributed by atoms with E-state index in [1.54, 1.807) is 23.5 Å². The minimum Gasteiger partial charge on any atom is -0.464 e. The molecule has 0 saturated heterocycles. The van der Waals surface area contributed by atoms with Gasteiger partial charge in [-0.05, 0) is 17.5 Å². The number of ether oxygens (including phenoxy) is 1. The summed E-state index contributed by atoms with van der Waals surface area (Å²) >= 11 is 1.66. The van der Waals surface area contributed by atoms with Crippen LogP contribution in [0.5, 0.6) is 5.75 Å². The molecular formula is C20H15N3O3S. The summed E-state index contributed by atoms with van der Waals surface area (Å²) in [6.07, 6.45) is 0.286. The second kappa shape index (κ2) is 6.21. The van der Waals surface area contributed by atoms with Crippen molar-refractivity contribution in [1.82, 2.24) is 5.01 Å². The summed E-state index contributed by atoms with van der Waals surface area (Å²) in [6.45, 7) is 0. The molecule has 7 heteroatoms. The maximum absolute atomic E-state index is 11.2. The molecule has 0 amide bonds. The molecule has 0 spiro atoms. The molecule has 2 aliphatic heterocycles. The molecule has 3 heterocycles. The van der Waals surface area contributed by atoms with Crippen molar-refractivity contribution < 1.29 is 9.66 Å². The number of hydrogen-bond donors (Lipinski definition) is 0. The van der Waals surface area contributed by atoms with E-state index in [1.807, 2.05) is 40.7 Å². The number of para-hydroxylation sites is 1. The van der Waals surface area contributed by atoms with E-state index >= 15 is 0 Å². The number of thiophene rings is 1. The average molecular weight is 377 g/mol. The predicted molar refractivity (Wildman–Crippen MR) is 103 cm³/mol. The van der Waals surface area contributed by atoms with E-state index in [1.165, 1.54) is 6.07 Å². The van der Waals surface area contributed by atoms with Gasteiger partial charge in [0.2, 0.25) is 6.23 Å². The lowest BCUT2D eigenvalue weighted by molar-refractivity contribution is -0.385. The van der Waals surface area contributed by atoms with Crippen LogP contribution in [0.15, 0.2) is 71.1 Å². The van der Waals surface area contributed by atoms with Gasteiger partial charge in [-0.1, -0.05) is 36.4 Å². The molecule has 0 fully saturated rings. The zero-order chi connectivity index (χ0) is 18.4. The fourth-order valence-electron chi connectivity index (χ4n) is 3.64. The number of rotatable bonds is 3. The summed E-state index contributed by atoms with van der Waals surface area (Å²) in [5.74, 6) is 0.804. The molecule has 0 saturated carbocycles. The van der Waals surface area contributed by atoms with Crippen molar-refractivity contribution in [3.8, 4) is 5.75 Å². The van der Waals surface area contributed by atoms with Crippen LogP contribution >= 0.6 is 11.3 Å². The second-order valence-corrected chi connectivity index (χ2v) is 7.43. The van der Waals surface area contributed by atoms with Crippen molar-refractivity contribution in [2.45, 2.75) is 18.7 Å². The first-order valence-corrected chi connectivity index (χ1v) is 9.48. The minimum absolute atomic E-state index is 0.0492. The molecule has 1 aromatic heterocycles. The first-order valence-electron chi connectivity index (χ1n) is 8.60. The molecule has 0 unspecified atom stereocenters. The second-order valence-electron chi connectivity index (χ2n) is 6.48. The number of fused-ring (bicyclic) bond motifs is 3. The van der Waals surface area contributed by atoms with E-state index < -0.39 is 6.23 Å². The highest BCUT2D eigenvalue weighted by molar-refractivity contribution is 7.12. The Labute approximate surface area is 159 Å². The summed E-state index contributed by atoms with van der Waals surface area (Å²) < 4.78 is 6.23. The van der Waals surface area contributed by atoms with Gasteiger partial charge in [0.15, 0.2) is 0 Å². The Morgan fingerprint density at radius 1 is 1.15 bits per heavy atom. The molecular weight excluding hydrogens is 362 g/mol. The van der Waals surface area contributed by atoms with Gasteiger partial charge in [-0.25, -0.2) is 5.01 Å². The maximum Gasteiger partial charge on any atom is 0.269 e. The van der Waals surface area contributed by atoms with E-state index in [9.17, 15) is 10.1 Å².